The third kappa shape index (κ3) is 3.11. The second kappa shape index (κ2) is 6.39. The van der Waals surface area contributed by atoms with Crippen molar-refractivity contribution >= 4 is 5.69 Å². The monoisotopic (exact) mass is 286 g/mol. The molecule has 3 rings (SSSR count). The molecule has 1 N–H and O–H groups in total. The maximum Gasteiger partial charge on any atom is 0.0403 e. The predicted octanol–water partition coefficient (Wildman–Crippen LogP) is 4.19. The fraction of sp³-hybridized carbons (Fsp3) is 0.684. The summed E-state index contributed by atoms with van der Waals surface area (Å²) in [4.78, 5) is 2.77. The highest BCUT2D eigenvalue weighted by atomic mass is 15.2. The van der Waals surface area contributed by atoms with E-state index in [-0.39, 0.29) is 0 Å². The Kier molecular flexibility index (Phi) is 4.54. The van der Waals surface area contributed by atoms with Crippen molar-refractivity contribution in [3.8, 4) is 0 Å². The fourth-order valence-corrected chi connectivity index (χ4v) is 4.29. The Morgan fingerprint density at radius 3 is 2.52 bits per heavy atom. The molecule has 1 aromatic rings. The summed E-state index contributed by atoms with van der Waals surface area (Å²) in [6.07, 6.45) is 8.04. The van der Waals surface area contributed by atoms with Crippen LogP contribution in [0.5, 0.6) is 0 Å². The van der Waals surface area contributed by atoms with Gasteiger partial charge in [0.25, 0.3) is 0 Å². The first kappa shape index (κ1) is 14.9. The second-order valence-corrected chi connectivity index (χ2v) is 7.06. The molecule has 0 aliphatic carbocycles. The minimum atomic E-state index is 0.738. The first-order valence-corrected chi connectivity index (χ1v) is 8.78. The van der Waals surface area contributed by atoms with Gasteiger partial charge in [0.2, 0.25) is 0 Å². The molecular formula is C19H30N2. The van der Waals surface area contributed by atoms with Crippen molar-refractivity contribution < 1.29 is 0 Å². The lowest BCUT2D eigenvalue weighted by Crippen LogP contribution is -2.56. The van der Waals surface area contributed by atoms with Gasteiger partial charge in [0.1, 0.15) is 0 Å². The van der Waals surface area contributed by atoms with Crippen LogP contribution in [-0.2, 0) is 0 Å². The van der Waals surface area contributed by atoms with Crippen LogP contribution in [0.3, 0.4) is 0 Å². The molecule has 0 aromatic heterocycles. The summed E-state index contributed by atoms with van der Waals surface area (Å²) in [5.74, 6) is 0. The van der Waals surface area contributed by atoms with E-state index in [9.17, 15) is 0 Å². The molecule has 2 heterocycles. The molecule has 0 saturated carbocycles. The van der Waals surface area contributed by atoms with Crippen LogP contribution < -0.4 is 10.2 Å². The largest absolute Gasteiger partial charge is 0.365 e. The molecule has 116 valence electrons. The van der Waals surface area contributed by atoms with Gasteiger partial charge in [0, 0.05) is 23.8 Å². The molecule has 0 radical (unpaired) electrons. The number of hydrogen-bond donors (Lipinski definition) is 1. The average molecular weight is 286 g/mol. The first-order valence-electron chi connectivity index (χ1n) is 8.78. The predicted molar refractivity (Wildman–Crippen MR) is 91.1 cm³/mol. The molecular weight excluding hydrogens is 256 g/mol. The Labute approximate surface area is 129 Å². The van der Waals surface area contributed by atoms with E-state index in [1.807, 2.05) is 0 Å². The van der Waals surface area contributed by atoms with Crippen molar-refractivity contribution in [1.82, 2.24) is 5.32 Å². The lowest BCUT2D eigenvalue weighted by molar-refractivity contribution is 0.245. The Morgan fingerprint density at radius 1 is 1.14 bits per heavy atom. The Hall–Kier alpha value is -1.02. The van der Waals surface area contributed by atoms with E-state index in [0.717, 1.165) is 18.1 Å². The minimum absolute atomic E-state index is 0.738. The van der Waals surface area contributed by atoms with Crippen LogP contribution in [0.2, 0.25) is 0 Å². The van der Waals surface area contributed by atoms with Crippen molar-refractivity contribution in [2.75, 3.05) is 11.4 Å². The Morgan fingerprint density at radius 2 is 1.86 bits per heavy atom. The van der Waals surface area contributed by atoms with Gasteiger partial charge in [-0.2, -0.15) is 0 Å². The quantitative estimate of drug-likeness (QED) is 0.892. The summed E-state index contributed by atoms with van der Waals surface area (Å²) < 4.78 is 0. The standard InChI is InChI=1S/C19H30N2/c1-4-10-20-16-12-17-6-5-7-18(13-16)21(17)19-11-14(2)8-9-15(19)3/h8-9,11,16-18,20H,4-7,10,12-13H2,1-3H3. The molecule has 1 aromatic carbocycles. The zero-order valence-corrected chi connectivity index (χ0v) is 13.9. The summed E-state index contributed by atoms with van der Waals surface area (Å²) >= 11 is 0. The SMILES string of the molecule is CCCNC1CC2CCCC(C1)N2c1cc(C)ccc1C. The number of anilines is 1. The van der Waals surface area contributed by atoms with Crippen molar-refractivity contribution in [2.45, 2.75) is 77.4 Å². The van der Waals surface area contributed by atoms with Gasteiger partial charge < -0.3 is 10.2 Å². The van der Waals surface area contributed by atoms with Crippen molar-refractivity contribution in [3.63, 3.8) is 0 Å². The molecule has 2 aliphatic rings. The van der Waals surface area contributed by atoms with Crippen LogP contribution in [0.1, 0.15) is 56.6 Å². The summed E-state index contributed by atoms with van der Waals surface area (Å²) in [6.45, 7) is 7.92. The molecule has 2 fully saturated rings. The van der Waals surface area contributed by atoms with E-state index in [0.29, 0.717) is 0 Å². The number of aryl methyl sites for hydroxylation is 2. The number of hydrogen-bond acceptors (Lipinski definition) is 2. The number of nitrogens with zero attached hydrogens (tertiary/aromatic N) is 1. The summed E-state index contributed by atoms with van der Waals surface area (Å²) in [5, 5.41) is 3.77. The molecule has 2 nitrogen and oxygen atoms in total. The van der Waals surface area contributed by atoms with Crippen molar-refractivity contribution in [2.24, 2.45) is 0 Å². The third-order valence-electron chi connectivity index (χ3n) is 5.30. The van der Waals surface area contributed by atoms with Gasteiger partial charge in [-0.05, 0) is 76.1 Å². The molecule has 2 bridgehead atoms. The average Bonchev–Trinajstić information content (AvgIpc) is 2.46. The van der Waals surface area contributed by atoms with Gasteiger partial charge in [-0.1, -0.05) is 19.1 Å². The number of fused-ring (bicyclic) bond motifs is 2. The van der Waals surface area contributed by atoms with Crippen LogP contribution in [0, 0.1) is 13.8 Å². The lowest BCUT2D eigenvalue weighted by Gasteiger charge is -2.51. The highest BCUT2D eigenvalue weighted by Crippen LogP contribution is 2.39. The van der Waals surface area contributed by atoms with Gasteiger partial charge in [-0.3, -0.25) is 0 Å². The van der Waals surface area contributed by atoms with Gasteiger partial charge in [-0.15, -0.1) is 0 Å². The summed E-state index contributed by atoms with van der Waals surface area (Å²) in [7, 11) is 0. The van der Waals surface area contributed by atoms with Crippen LogP contribution in [-0.4, -0.2) is 24.7 Å². The lowest BCUT2D eigenvalue weighted by atomic mass is 9.81. The molecule has 2 atom stereocenters. The molecule has 2 unspecified atom stereocenters. The number of benzene rings is 1. The van der Waals surface area contributed by atoms with Gasteiger partial charge in [0.15, 0.2) is 0 Å². The minimum Gasteiger partial charge on any atom is -0.365 e. The number of piperidine rings is 2. The van der Waals surface area contributed by atoms with Crippen LogP contribution >= 0.6 is 0 Å². The van der Waals surface area contributed by atoms with Gasteiger partial charge in [-0.25, -0.2) is 0 Å². The molecule has 0 amide bonds. The zero-order valence-electron chi connectivity index (χ0n) is 13.9. The zero-order chi connectivity index (χ0) is 14.8. The second-order valence-electron chi connectivity index (χ2n) is 7.06. The Bertz CT molecular complexity index is 468. The van der Waals surface area contributed by atoms with E-state index < -0.39 is 0 Å². The van der Waals surface area contributed by atoms with Gasteiger partial charge in [0.05, 0.1) is 0 Å². The normalized spacial score (nSPS) is 28.7. The van der Waals surface area contributed by atoms with Crippen LogP contribution in [0.15, 0.2) is 18.2 Å². The smallest absolute Gasteiger partial charge is 0.0403 e. The highest BCUT2D eigenvalue weighted by Gasteiger charge is 2.38. The van der Waals surface area contributed by atoms with E-state index >= 15 is 0 Å². The van der Waals surface area contributed by atoms with E-state index in [4.69, 9.17) is 0 Å². The third-order valence-corrected chi connectivity index (χ3v) is 5.30. The van der Waals surface area contributed by atoms with Crippen LogP contribution in [0.4, 0.5) is 5.69 Å². The van der Waals surface area contributed by atoms with Crippen LogP contribution in [0.25, 0.3) is 0 Å². The van der Waals surface area contributed by atoms with Gasteiger partial charge >= 0.3 is 0 Å². The molecule has 2 heteroatoms. The number of nitrogens with one attached hydrogen (secondary N) is 1. The van der Waals surface area contributed by atoms with E-state index in [2.05, 4.69) is 49.2 Å². The van der Waals surface area contributed by atoms with E-state index in [1.165, 1.54) is 61.9 Å². The highest BCUT2D eigenvalue weighted by molar-refractivity contribution is 5.57. The van der Waals surface area contributed by atoms with E-state index in [1.54, 1.807) is 0 Å². The topological polar surface area (TPSA) is 15.3 Å². The fourth-order valence-electron chi connectivity index (χ4n) is 4.29. The molecule has 21 heavy (non-hydrogen) atoms. The summed E-state index contributed by atoms with van der Waals surface area (Å²) in [6, 6.07) is 9.16. The molecule has 2 aliphatic heterocycles. The maximum atomic E-state index is 3.77. The molecule has 2 saturated heterocycles. The Balaban J connectivity index is 1.82. The van der Waals surface area contributed by atoms with Crippen molar-refractivity contribution in [3.05, 3.63) is 29.3 Å². The van der Waals surface area contributed by atoms with Crippen molar-refractivity contribution in [1.29, 1.82) is 0 Å². The number of rotatable bonds is 4. The summed E-state index contributed by atoms with van der Waals surface area (Å²) in [5.41, 5.74) is 4.33. The molecule has 0 spiro atoms. The first-order chi connectivity index (χ1) is 10.2. The maximum absolute atomic E-state index is 3.77.